The number of rotatable bonds is 5. The van der Waals surface area contributed by atoms with Crippen molar-refractivity contribution < 1.29 is 30.3 Å². The maximum absolute atomic E-state index is 9.90. The Labute approximate surface area is 91.8 Å². The van der Waals surface area contributed by atoms with Crippen molar-refractivity contribution in [3.63, 3.8) is 0 Å². The first-order valence-electron chi connectivity index (χ1n) is 3.33. The summed E-state index contributed by atoms with van der Waals surface area (Å²) < 4.78 is 0. The zero-order valence-electron chi connectivity index (χ0n) is 6.74. The third-order valence-corrected chi connectivity index (χ3v) is 1.42. The van der Waals surface area contributed by atoms with E-state index in [2.05, 4.69) is 0 Å². The molecule has 0 aromatic rings. The Balaban J connectivity index is 0. The van der Waals surface area contributed by atoms with Crippen LogP contribution in [0.25, 0.3) is 0 Å². The Kier molecular flexibility index (Phi) is 9.26. The SMILES string of the molecule is O=C[C@@H](O)[C@@H](O)[C@H](O)[C@H](O)CO.[Sn]. The van der Waals surface area contributed by atoms with E-state index < -0.39 is 31.0 Å². The average Bonchev–Trinajstić information content (AvgIpc) is 2.12. The second kappa shape index (κ2) is 7.65. The second-order valence-corrected chi connectivity index (χ2v) is 2.36. The molecular formula is C6H12O6Sn. The molecule has 76 valence electrons. The summed E-state index contributed by atoms with van der Waals surface area (Å²) in [6.45, 7) is -0.760. The molecule has 4 atom stereocenters. The summed E-state index contributed by atoms with van der Waals surface area (Å²) in [6, 6.07) is 0. The predicted octanol–water partition coefficient (Wildman–Crippen LogP) is -3.76. The predicted molar refractivity (Wildman–Crippen MR) is 42.9 cm³/mol. The Morgan fingerprint density at radius 2 is 1.54 bits per heavy atom. The monoisotopic (exact) mass is 300 g/mol. The number of hydrogen-bond acceptors (Lipinski definition) is 6. The molecule has 7 heteroatoms. The topological polar surface area (TPSA) is 118 Å². The minimum atomic E-state index is -1.79. The molecule has 0 saturated carbocycles. The summed E-state index contributed by atoms with van der Waals surface area (Å²) in [4.78, 5) is 9.90. The van der Waals surface area contributed by atoms with Crippen LogP contribution in [0.4, 0.5) is 0 Å². The molecule has 0 heterocycles. The van der Waals surface area contributed by atoms with Crippen molar-refractivity contribution in [2.75, 3.05) is 6.61 Å². The zero-order chi connectivity index (χ0) is 9.72. The van der Waals surface area contributed by atoms with Gasteiger partial charge in [-0.05, 0) is 0 Å². The van der Waals surface area contributed by atoms with Crippen LogP contribution in [0.5, 0.6) is 0 Å². The van der Waals surface area contributed by atoms with E-state index in [-0.39, 0.29) is 30.2 Å². The molecule has 0 aliphatic carbocycles. The van der Waals surface area contributed by atoms with Crippen molar-refractivity contribution in [1.29, 1.82) is 0 Å². The molecule has 5 N–H and O–H groups in total. The van der Waals surface area contributed by atoms with Gasteiger partial charge in [-0.15, -0.1) is 0 Å². The molecule has 0 bridgehead atoms. The van der Waals surface area contributed by atoms with Crippen LogP contribution < -0.4 is 0 Å². The van der Waals surface area contributed by atoms with Crippen LogP contribution in [0.15, 0.2) is 0 Å². The average molecular weight is 299 g/mol. The normalized spacial score (nSPS) is 19.5. The molecule has 0 spiro atoms. The van der Waals surface area contributed by atoms with Crippen LogP contribution in [0.2, 0.25) is 0 Å². The first-order chi connectivity index (χ1) is 5.54. The number of aliphatic hydroxyl groups is 5. The molecule has 0 saturated heterocycles. The van der Waals surface area contributed by atoms with E-state index in [0.717, 1.165) is 0 Å². The fourth-order valence-corrected chi connectivity index (χ4v) is 0.618. The van der Waals surface area contributed by atoms with Crippen LogP contribution in [0, 0.1) is 0 Å². The summed E-state index contributed by atoms with van der Waals surface area (Å²) in [5, 5.41) is 43.5. The fraction of sp³-hybridized carbons (Fsp3) is 0.833. The van der Waals surface area contributed by atoms with E-state index in [4.69, 9.17) is 25.5 Å². The molecule has 0 aliphatic rings. The molecular weight excluding hydrogens is 287 g/mol. The van der Waals surface area contributed by atoms with Gasteiger partial charge in [-0.3, -0.25) is 0 Å². The van der Waals surface area contributed by atoms with Crippen LogP contribution in [0.3, 0.4) is 0 Å². The summed E-state index contributed by atoms with van der Waals surface area (Å²) in [5.41, 5.74) is 0. The zero-order valence-corrected chi connectivity index (χ0v) is 9.59. The van der Waals surface area contributed by atoms with E-state index in [1.165, 1.54) is 0 Å². The number of aldehydes is 1. The van der Waals surface area contributed by atoms with Gasteiger partial charge in [-0.2, -0.15) is 0 Å². The molecule has 0 aromatic heterocycles. The maximum atomic E-state index is 9.90. The maximum Gasteiger partial charge on any atom is 0.151 e. The quantitative estimate of drug-likeness (QED) is 0.263. The largest absolute Gasteiger partial charge is 0.394 e. The van der Waals surface area contributed by atoms with Crippen molar-refractivity contribution in [1.82, 2.24) is 0 Å². The number of carbonyl (C=O) groups is 1. The molecule has 0 unspecified atom stereocenters. The van der Waals surface area contributed by atoms with E-state index >= 15 is 0 Å². The van der Waals surface area contributed by atoms with Crippen LogP contribution >= 0.6 is 0 Å². The molecule has 0 amide bonds. The van der Waals surface area contributed by atoms with Gasteiger partial charge < -0.3 is 30.3 Å². The van der Waals surface area contributed by atoms with Gasteiger partial charge in [0.1, 0.15) is 24.4 Å². The standard InChI is InChI=1S/C6H12O6.Sn/c7-1-3(9)5(11)6(12)4(10)2-8;/h1,3-6,8-12H,2H2;/t3-,4-,5-,6-;/m1./s1. The first kappa shape index (κ1) is 15.7. The second-order valence-electron chi connectivity index (χ2n) is 2.36. The minimum absolute atomic E-state index is 0. The Morgan fingerprint density at radius 1 is 1.08 bits per heavy atom. The van der Waals surface area contributed by atoms with Gasteiger partial charge in [0, 0.05) is 23.9 Å². The van der Waals surface area contributed by atoms with Gasteiger partial charge in [0.05, 0.1) is 6.61 Å². The van der Waals surface area contributed by atoms with Gasteiger partial charge in [-0.25, -0.2) is 0 Å². The van der Waals surface area contributed by atoms with Gasteiger partial charge in [0.15, 0.2) is 6.29 Å². The van der Waals surface area contributed by atoms with Crippen molar-refractivity contribution in [2.45, 2.75) is 24.4 Å². The number of aliphatic hydroxyl groups excluding tert-OH is 5. The smallest absolute Gasteiger partial charge is 0.151 e. The van der Waals surface area contributed by atoms with Crippen molar-refractivity contribution in [3.05, 3.63) is 0 Å². The molecule has 0 aliphatic heterocycles. The van der Waals surface area contributed by atoms with Crippen LogP contribution in [-0.4, -0.2) is 86.7 Å². The summed E-state index contributed by atoms with van der Waals surface area (Å²) in [6.07, 6.45) is -6.84. The van der Waals surface area contributed by atoms with Gasteiger partial charge >= 0.3 is 0 Å². The van der Waals surface area contributed by atoms with Crippen molar-refractivity contribution in [2.24, 2.45) is 0 Å². The Morgan fingerprint density at radius 3 is 1.85 bits per heavy atom. The van der Waals surface area contributed by atoms with E-state index in [1.807, 2.05) is 0 Å². The van der Waals surface area contributed by atoms with Gasteiger partial charge in [-0.1, -0.05) is 0 Å². The minimum Gasteiger partial charge on any atom is -0.394 e. The molecule has 0 fully saturated rings. The van der Waals surface area contributed by atoms with E-state index in [0.29, 0.717) is 0 Å². The summed E-state index contributed by atoms with van der Waals surface area (Å²) in [7, 11) is 0. The fourth-order valence-electron chi connectivity index (χ4n) is 0.618. The van der Waals surface area contributed by atoms with Gasteiger partial charge in [0.25, 0.3) is 0 Å². The third-order valence-electron chi connectivity index (χ3n) is 1.42. The first-order valence-corrected chi connectivity index (χ1v) is 3.33. The number of carbonyl (C=O) groups excluding carboxylic acids is 1. The van der Waals surface area contributed by atoms with E-state index in [1.54, 1.807) is 0 Å². The molecule has 13 heavy (non-hydrogen) atoms. The molecule has 6 nitrogen and oxygen atoms in total. The Hall–Kier alpha value is 0.269. The van der Waals surface area contributed by atoms with Crippen LogP contribution in [0.1, 0.15) is 0 Å². The van der Waals surface area contributed by atoms with Gasteiger partial charge in [0.2, 0.25) is 0 Å². The molecule has 0 aromatic carbocycles. The molecule has 4 radical (unpaired) electrons. The van der Waals surface area contributed by atoms with Crippen LogP contribution in [-0.2, 0) is 4.79 Å². The summed E-state index contributed by atoms with van der Waals surface area (Å²) in [5.74, 6) is 0. The summed E-state index contributed by atoms with van der Waals surface area (Å²) >= 11 is 0. The Bertz CT molecular complexity index is 143. The van der Waals surface area contributed by atoms with E-state index in [9.17, 15) is 4.79 Å². The van der Waals surface area contributed by atoms with Crippen molar-refractivity contribution >= 4 is 30.2 Å². The molecule has 0 rings (SSSR count). The number of hydrogen-bond donors (Lipinski definition) is 5. The van der Waals surface area contributed by atoms with Crippen molar-refractivity contribution in [3.8, 4) is 0 Å². The third kappa shape index (κ3) is 4.89.